The lowest BCUT2D eigenvalue weighted by Gasteiger charge is -2.09. The van der Waals surface area contributed by atoms with Gasteiger partial charge in [0.2, 0.25) is 0 Å². The minimum absolute atomic E-state index is 0.0215. The molecule has 2 aromatic rings. The monoisotopic (exact) mass is 308 g/mol. The standard InChI is InChI=1S/C20H20O3/c1-4-5-15-12-17(20(22)19(13-15)23-3)10-11-18(21)16-8-6-14(2)7-9-16/h4,6-13,22H,1,5H2,2-3H3/b11-10+. The number of ether oxygens (including phenoxy) is 1. The maximum absolute atomic E-state index is 12.2. The summed E-state index contributed by atoms with van der Waals surface area (Å²) in [5.41, 5.74) is 3.21. The van der Waals surface area contributed by atoms with Gasteiger partial charge in [-0.05, 0) is 43.2 Å². The zero-order valence-corrected chi connectivity index (χ0v) is 13.4. The Balaban J connectivity index is 2.30. The molecule has 118 valence electrons. The third-order valence-corrected chi connectivity index (χ3v) is 3.51. The van der Waals surface area contributed by atoms with Gasteiger partial charge >= 0.3 is 0 Å². The number of hydrogen-bond donors (Lipinski definition) is 1. The molecule has 23 heavy (non-hydrogen) atoms. The molecule has 0 atom stereocenters. The van der Waals surface area contributed by atoms with Gasteiger partial charge in [-0.15, -0.1) is 6.58 Å². The summed E-state index contributed by atoms with van der Waals surface area (Å²) < 4.78 is 5.17. The molecule has 0 heterocycles. The molecule has 0 aliphatic heterocycles. The molecule has 0 bridgehead atoms. The van der Waals surface area contributed by atoms with Crippen molar-refractivity contribution in [2.75, 3.05) is 7.11 Å². The number of rotatable bonds is 6. The van der Waals surface area contributed by atoms with E-state index in [1.807, 2.05) is 25.1 Å². The smallest absolute Gasteiger partial charge is 0.185 e. The van der Waals surface area contributed by atoms with Crippen LogP contribution >= 0.6 is 0 Å². The first-order valence-electron chi connectivity index (χ1n) is 7.35. The average molecular weight is 308 g/mol. The van der Waals surface area contributed by atoms with E-state index >= 15 is 0 Å². The number of aromatic hydroxyl groups is 1. The fourth-order valence-electron chi connectivity index (χ4n) is 2.24. The molecule has 3 nitrogen and oxygen atoms in total. The Labute approximate surface area is 136 Å². The first-order chi connectivity index (χ1) is 11.0. The normalized spacial score (nSPS) is 10.7. The van der Waals surface area contributed by atoms with Crippen LogP contribution in [0.4, 0.5) is 0 Å². The summed E-state index contributed by atoms with van der Waals surface area (Å²) in [4.78, 5) is 12.2. The summed E-state index contributed by atoms with van der Waals surface area (Å²) in [5, 5.41) is 10.2. The molecule has 0 aliphatic rings. The Hall–Kier alpha value is -2.81. The van der Waals surface area contributed by atoms with Crippen LogP contribution in [0.25, 0.3) is 6.08 Å². The molecule has 1 N–H and O–H groups in total. The number of allylic oxidation sites excluding steroid dienone is 2. The molecule has 0 saturated carbocycles. The van der Waals surface area contributed by atoms with Crippen molar-refractivity contribution >= 4 is 11.9 Å². The quantitative estimate of drug-likeness (QED) is 0.491. The number of carbonyl (C=O) groups is 1. The SMILES string of the molecule is C=CCc1cc(/C=C/C(=O)c2ccc(C)cc2)c(O)c(OC)c1. The Morgan fingerprint density at radius 2 is 1.96 bits per heavy atom. The summed E-state index contributed by atoms with van der Waals surface area (Å²) in [6, 6.07) is 10.9. The molecule has 2 aromatic carbocycles. The predicted octanol–water partition coefficient (Wildman–Crippen LogP) is 4.33. The number of hydrogen-bond acceptors (Lipinski definition) is 3. The maximum Gasteiger partial charge on any atom is 0.185 e. The summed E-state index contributed by atoms with van der Waals surface area (Å²) in [5.74, 6) is 0.289. The van der Waals surface area contributed by atoms with Gasteiger partial charge in [-0.1, -0.05) is 35.9 Å². The zero-order chi connectivity index (χ0) is 16.8. The van der Waals surface area contributed by atoms with Gasteiger partial charge in [-0.2, -0.15) is 0 Å². The molecule has 0 aliphatic carbocycles. The van der Waals surface area contributed by atoms with Crippen molar-refractivity contribution < 1.29 is 14.6 Å². The highest BCUT2D eigenvalue weighted by molar-refractivity contribution is 6.07. The predicted molar refractivity (Wildman–Crippen MR) is 93.1 cm³/mol. The van der Waals surface area contributed by atoms with Gasteiger partial charge in [0.25, 0.3) is 0 Å². The average Bonchev–Trinajstić information content (AvgIpc) is 2.55. The second kappa shape index (κ2) is 7.45. The third kappa shape index (κ3) is 4.10. The van der Waals surface area contributed by atoms with Gasteiger partial charge in [-0.3, -0.25) is 4.79 Å². The van der Waals surface area contributed by atoms with Crippen LogP contribution in [0.15, 0.2) is 55.1 Å². The highest BCUT2D eigenvalue weighted by Gasteiger charge is 2.09. The fraction of sp³-hybridized carbons (Fsp3) is 0.150. The lowest BCUT2D eigenvalue weighted by Crippen LogP contribution is -1.94. The zero-order valence-electron chi connectivity index (χ0n) is 13.4. The van der Waals surface area contributed by atoms with E-state index in [9.17, 15) is 9.90 Å². The van der Waals surface area contributed by atoms with Gasteiger partial charge in [-0.25, -0.2) is 0 Å². The van der Waals surface area contributed by atoms with E-state index in [-0.39, 0.29) is 11.5 Å². The second-order valence-electron chi connectivity index (χ2n) is 5.29. The van der Waals surface area contributed by atoms with Crippen LogP contribution in [0.5, 0.6) is 11.5 Å². The number of benzene rings is 2. The number of methoxy groups -OCH3 is 1. The van der Waals surface area contributed by atoms with E-state index in [4.69, 9.17) is 4.74 Å². The molecular weight excluding hydrogens is 288 g/mol. The van der Waals surface area contributed by atoms with E-state index in [1.165, 1.54) is 13.2 Å². The molecular formula is C20H20O3. The number of aryl methyl sites for hydroxylation is 1. The Morgan fingerprint density at radius 3 is 2.57 bits per heavy atom. The van der Waals surface area contributed by atoms with Gasteiger partial charge in [0.15, 0.2) is 17.3 Å². The van der Waals surface area contributed by atoms with E-state index in [1.54, 1.807) is 30.4 Å². The molecule has 0 spiro atoms. The van der Waals surface area contributed by atoms with Crippen LogP contribution < -0.4 is 4.74 Å². The first-order valence-corrected chi connectivity index (χ1v) is 7.35. The second-order valence-corrected chi connectivity index (χ2v) is 5.29. The molecule has 0 aromatic heterocycles. The van der Waals surface area contributed by atoms with E-state index < -0.39 is 0 Å². The molecule has 0 fully saturated rings. The van der Waals surface area contributed by atoms with E-state index in [2.05, 4.69) is 6.58 Å². The highest BCUT2D eigenvalue weighted by atomic mass is 16.5. The van der Waals surface area contributed by atoms with E-state index in [0.29, 0.717) is 23.3 Å². The molecule has 0 unspecified atom stereocenters. The summed E-state index contributed by atoms with van der Waals surface area (Å²) in [6.45, 7) is 5.68. The minimum Gasteiger partial charge on any atom is -0.504 e. The maximum atomic E-state index is 12.2. The summed E-state index contributed by atoms with van der Waals surface area (Å²) in [7, 11) is 1.50. The number of phenolic OH excluding ortho intramolecular Hbond substituents is 1. The molecule has 3 heteroatoms. The molecule has 0 saturated heterocycles. The first kappa shape index (κ1) is 16.6. The van der Waals surface area contributed by atoms with Gasteiger partial charge < -0.3 is 9.84 Å². The largest absolute Gasteiger partial charge is 0.504 e. The Bertz CT molecular complexity index is 740. The van der Waals surface area contributed by atoms with Crippen molar-refractivity contribution in [3.8, 4) is 11.5 Å². The van der Waals surface area contributed by atoms with Crippen molar-refractivity contribution in [2.45, 2.75) is 13.3 Å². The van der Waals surface area contributed by atoms with Crippen LogP contribution in [-0.2, 0) is 6.42 Å². The van der Waals surface area contributed by atoms with Crippen LogP contribution in [0.3, 0.4) is 0 Å². The third-order valence-electron chi connectivity index (χ3n) is 3.51. The lowest BCUT2D eigenvalue weighted by atomic mass is 10.0. The van der Waals surface area contributed by atoms with Crippen molar-refractivity contribution in [2.24, 2.45) is 0 Å². The van der Waals surface area contributed by atoms with Crippen molar-refractivity contribution in [3.63, 3.8) is 0 Å². The summed E-state index contributed by atoms with van der Waals surface area (Å²) >= 11 is 0. The van der Waals surface area contributed by atoms with Crippen LogP contribution in [0, 0.1) is 6.92 Å². The number of carbonyl (C=O) groups excluding carboxylic acids is 1. The van der Waals surface area contributed by atoms with Gasteiger partial charge in [0, 0.05) is 11.1 Å². The Morgan fingerprint density at radius 1 is 1.26 bits per heavy atom. The van der Waals surface area contributed by atoms with Crippen LogP contribution in [0.2, 0.25) is 0 Å². The minimum atomic E-state index is -0.113. The molecule has 2 rings (SSSR count). The van der Waals surface area contributed by atoms with Crippen LogP contribution in [0.1, 0.15) is 27.0 Å². The van der Waals surface area contributed by atoms with Gasteiger partial charge in [0.05, 0.1) is 7.11 Å². The number of phenols is 1. The van der Waals surface area contributed by atoms with Crippen molar-refractivity contribution in [1.29, 1.82) is 0 Å². The van der Waals surface area contributed by atoms with Crippen molar-refractivity contribution in [1.82, 2.24) is 0 Å². The van der Waals surface area contributed by atoms with Gasteiger partial charge in [0.1, 0.15) is 0 Å². The topological polar surface area (TPSA) is 46.5 Å². The molecule has 0 amide bonds. The fourth-order valence-corrected chi connectivity index (χ4v) is 2.24. The lowest BCUT2D eigenvalue weighted by molar-refractivity contribution is 0.104. The highest BCUT2D eigenvalue weighted by Crippen LogP contribution is 2.32. The number of ketones is 1. The Kier molecular flexibility index (Phi) is 5.36. The molecule has 0 radical (unpaired) electrons. The van der Waals surface area contributed by atoms with Crippen LogP contribution in [-0.4, -0.2) is 18.0 Å². The van der Waals surface area contributed by atoms with Crippen molar-refractivity contribution in [3.05, 3.63) is 77.4 Å². The van der Waals surface area contributed by atoms with E-state index in [0.717, 1.165) is 11.1 Å². The summed E-state index contributed by atoms with van der Waals surface area (Å²) in [6.07, 6.45) is 5.49.